The van der Waals surface area contributed by atoms with Crippen LogP contribution in [-0.4, -0.2) is 13.3 Å². The summed E-state index contributed by atoms with van der Waals surface area (Å²) in [5, 5.41) is 4.93. The Hall–Kier alpha value is -1.61. The number of benzene rings is 1. The lowest BCUT2D eigenvalue weighted by Gasteiger charge is -1.97. The number of rotatable bonds is 2. The molecule has 0 saturated carbocycles. The van der Waals surface area contributed by atoms with Crippen molar-refractivity contribution in [2.24, 2.45) is 0 Å². The lowest BCUT2D eigenvalue weighted by Crippen LogP contribution is -1.85. The van der Waals surface area contributed by atoms with E-state index in [1.165, 1.54) is 22.6 Å². The minimum Gasteiger partial charge on any atom is -0.388 e. The van der Waals surface area contributed by atoms with Gasteiger partial charge in [-0.05, 0) is 30.5 Å². The zero-order chi connectivity index (χ0) is 11.8. The number of hydrogen-bond donors (Lipinski definition) is 1. The van der Waals surface area contributed by atoms with Crippen molar-refractivity contribution < 1.29 is 4.79 Å². The molecule has 0 aliphatic rings. The average molecular weight is 233 g/mol. The fraction of sp³-hybridized carbons (Fsp3) is 0.154. The third kappa shape index (κ3) is 4.28. The van der Waals surface area contributed by atoms with Crippen LogP contribution in [0.1, 0.15) is 15.2 Å². The zero-order valence-corrected chi connectivity index (χ0v) is 10.3. The summed E-state index contributed by atoms with van der Waals surface area (Å²) in [7, 11) is 1.92. The monoisotopic (exact) mass is 233 g/mol. The first-order valence-corrected chi connectivity index (χ1v) is 5.87. The molecular weight excluding hydrogens is 218 g/mol. The first kappa shape index (κ1) is 12.5. The van der Waals surface area contributed by atoms with E-state index in [9.17, 15) is 4.79 Å². The molecule has 0 amide bonds. The second-order valence-corrected chi connectivity index (χ2v) is 4.23. The Labute approximate surface area is 99.9 Å². The van der Waals surface area contributed by atoms with Crippen LogP contribution in [0, 0.1) is 6.92 Å². The van der Waals surface area contributed by atoms with Crippen LogP contribution in [-0.2, 0) is 0 Å². The van der Waals surface area contributed by atoms with Crippen molar-refractivity contribution in [1.29, 1.82) is 0 Å². The van der Waals surface area contributed by atoms with Crippen LogP contribution in [0.15, 0.2) is 41.8 Å². The molecule has 2 aromatic rings. The molecule has 1 aromatic heterocycles. The topological polar surface area (TPSA) is 29.1 Å². The van der Waals surface area contributed by atoms with Crippen molar-refractivity contribution in [3.05, 3.63) is 52.2 Å². The summed E-state index contributed by atoms with van der Waals surface area (Å²) in [5.41, 5.74) is 2.47. The predicted octanol–water partition coefficient (Wildman–Crippen LogP) is 3.60. The molecule has 3 heteroatoms. The largest absolute Gasteiger partial charge is 0.388 e. The van der Waals surface area contributed by atoms with Crippen molar-refractivity contribution in [2.45, 2.75) is 6.92 Å². The second-order valence-electron chi connectivity index (χ2n) is 3.25. The van der Waals surface area contributed by atoms with Gasteiger partial charge in [-0.1, -0.05) is 23.8 Å². The summed E-state index contributed by atoms with van der Waals surface area (Å²) in [6, 6.07) is 12.0. The van der Waals surface area contributed by atoms with Crippen molar-refractivity contribution >= 4 is 23.3 Å². The number of carbonyl (C=O) groups excluding carboxylic acids is 1. The Morgan fingerprint density at radius 2 is 1.88 bits per heavy atom. The minimum absolute atomic E-state index is 0.792. The quantitative estimate of drug-likeness (QED) is 0.803. The summed E-state index contributed by atoms with van der Waals surface area (Å²) in [4.78, 5) is 10.7. The van der Waals surface area contributed by atoms with Gasteiger partial charge >= 0.3 is 0 Å². The molecule has 2 nitrogen and oxygen atoms in total. The third-order valence-electron chi connectivity index (χ3n) is 2.00. The van der Waals surface area contributed by atoms with E-state index in [2.05, 4.69) is 36.5 Å². The Kier molecular flexibility index (Phi) is 5.29. The lowest BCUT2D eigenvalue weighted by molar-refractivity contribution is 0.112. The SMILES string of the molecule is CNc1ccc(C)cc1.O=Cc1cccs1. The van der Waals surface area contributed by atoms with Gasteiger partial charge in [0.15, 0.2) is 6.29 Å². The van der Waals surface area contributed by atoms with Crippen LogP contribution >= 0.6 is 11.3 Å². The van der Waals surface area contributed by atoms with Gasteiger partial charge in [0.1, 0.15) is 0 Å². The highest BCUT2D eigenvalue weighted by Gasteiger charge is 1.84. The standard InChI is InChI=1S/C8H11N.C5H4OS/c1-7-3-5-8(9-2)6-4-7;6-4-5-2-1-3-7-5/h3-6,9H,1-2H3;1-4H. The fourth-order valence-corrected chi connectivity index (χ4v) is 1.61. The van der Waals surface area contributed by atoms with Crippen molar-refractivity contribution in [3.63, 3.8) is 0 Å². The van der Waals surface area contributed by atoms with Gasteiger partial charge in [0.2, 0.25) is 0 Å². The van der Waals surface area contributed by atoms with Crippen molar-refractivity contribution in [2.75, 3.05) is 12.4 Å². The van der Waals surface area contributed by atoms with Gasteiger partial charge in [-0.2, -0.15) is 0 Å². The van der Waals surface area contributed by atoms with Gasteiger partial charge in [-0.3, -0.25) is 4.79 Å². The highest BCUT2D eigenvalue weighted by molar-refractivity contribution is 7.11. The molecule has 0 aliphatic heterocycles. The number of aldehydes is 1. The third-order valence-corrected chi connectivity index (χ3v) is 2.80. The summed E-state index contributed by atoms with van der Waals surface area (Å²) < 4.78 is 0. The molecule has 0 saturated heterocycles. The first-order chi connectivity index (χ1) is 7.76. The van der Waals surface area contributed by atoms with E-state index in [0.717, 1.165) is 11.2 Å². The van der Waals surface area contributed by atoms with Crippen LogP contribution in [0.25, 0.3) is 0 Å². The predicted molar refractivity (Wildman–Crippen MR) is 70.4 cm³/mol. The molecule has 1 aromatic carbocycles. The van der Waals surface area contributed by atoms with Crippen LogP contribution in [0.3, 0.4) is 0 Å². The van der Waals surface area contributed by atoms with E-state index < -0.39 is 0 Å². The van der Waals surface area contributed by atoms with Crippen molar-refractivity contribution in [1.82, 2.24) is 0 Å². The molecule has 1 N–H and O–H groups in total. The van der Waals surface area contributed by atoms with Gasteiger partial charge in [0.05, 0.1) is 4.88 Å². The normalized spacial score (nSPS) is 8.88. The number of carbonyl (C=O) groups is 1. The van der Waals surface area contributed by atoms with Crippen LogP contribution < -0.4 is 5.32 Å². The molecular formula is C13H15NOS. The average Bonchev–Trinajstić information content (AvgIpc) is 2.84. The zero-order valence-electron chi connectivity index (χ0n) is 9.44. The Bertz CT molecular complexity index is 406. The summed E-state index contributed by atoms with van der Waals surface area (Å²) in [6.45, 7) is 2.08. The molecule has 0 unspecified atom stereocenters. The smallest absolute Gasteiger partial charge is 0.159 e. The van der Waals surface area contributed by atoms with E-state index in [4.69, 9.17) is 0 Å². The van der Waals surface area contributed by atoms with Gasteiger partial charge in [0.25, 0.3) is 0 Å². The fourth-order valence-electron chi connectivity index (χ4n) is 1.08. The van der Waals surface area contributed by atoms with E-state index in [-0.39, 0.29) is 0 Å². The molecule has 2 rings (SSSR count). The number of nitrogens with one attached hydrogen (secondary N) is 1. The van der Waals surface area contributed by atoms with Gasteiger partial charge in [0, 0.05) is 12.7 Å². The van der Waals surface area contributed by atoms with Crippen LogP contribution in [0.4, 0.5) is 5.69 Å². The molecule has 0 aliphatic carbocycles. The van der Waals surface area contributed by atoms with Gasteiger partial charge < -0.3 is 5.32 Å². The number of hydrogen-bond acceptors (Lipinski definition) is 3. The Balaban J connectivity index is 0.000000165. The number of aryl methyl sites for hydroxylation is 1. The summed E-state index contributed by atoms with van der Waals surface area (Å²) in [5.74, 6) is 0. The maximum atomic E-state index is 9.88. The number of anilines is 1. The molecule has 1 heterocycles. The van der Waals surface area contributed by atoms with Crippen LogP contribution in [0.5, 0.6) is 0 Å². The maximum absolute atomic E-state index is 9.88. The van der Waals surface area contributed by atoms with E-state index in [1.54, 1.807) is 6.07 Å². The van der Waals surface area contributed by atoms with Gasteiger partial charge in [-0.25, -0.2) is 0 Å². The molecule has 0 atom stereocenters. The van der Waals surface area contributed by atoms with E-state index in [0.29, 0.717) is 0 Å². The summed E-state index contributed by atoms with van der Waals surface area (Å²) in [6.07, 6.45) is 0.852. The lowest BCUT2D eigenvalue weighted by atomic mass is 10.2. The summed E-state index contributed by atoms with van der Waals surface area (Å²) >= 11 is 1.45. The molecule has 0 bridgehead atoms. The minimum atomic E-state index is 0.792. The molecule has 84 valence electrons. The van der Waals surface area contributed by atoms with E-state index >= 15 is 0 Å². The highest BCUT2D eigenvalue weighted by Crippen LogP contribution is 2.06. The highest BCUT2D eigenvalue weighted by atomic mass is 32.1. The maximum Gasteiger partial charge on any atom is 0.159 e. The van der Waals surface area contributed by atoms with Crippen LogP contribution in [0.2, 0.25) is 0 Å². The molecule has 16 heavy (non-hydrogen) atoms. The second kappa shape index (κ2) is 6.80. The van der Waals surface area contributed by atoms with E-state index in [1.807, 2.05) is 18.5 Å². The molecule has 0 radical (unpaired) electrons. The molecule has 0 spiro atoms. The first-order valence-electron chi connectivity index (χ1n) is 4.99. The Morgan fingerprint density at radius 3 is 2.25 bits per heavy atom. The van der Waals surface area contributed by atoms with Gasteiger partial charge in [-0.15, -0.1) is 11.3 Å². The Morgan fingerprint density at radius 1 is 1.19 bits per heavy atom. The molecule has 0 fully saturated rings. The number of thiophene rings is 1. The van der Waals surface area contributed by atoms with Crippen molar-refractivity contribution in [3.8, 4) is 0 Å².